The molecule has 0 radical (unpaired) electrons. The highest BCUT2D eigenvalue weighted by Gasteiger charge is 1.99. The van der Waals surface area contributed by atoms with Gasteiger partial charge in [0.05, 0.1) is 0 Å². The van der Waals surface area contributed by atoms with Crippen molar-refractivity contribution in [2.75, 3.05) is 19.2 Å². The molecule has 0 aliphatic rings. The largest absolute Gasteiger partial charge is 0.458 e. The second-order valence-electron chi connectivity index (χ2n) is 3.95. The van der Waals surface area contributed by atoms with E-state index in [4.69, 9.17) is 9.47 Å². The van der Waals surface area contributed by atoms with E-state index in [1.807, 2.05) is 30.3 Å². The lowest BCUT2D eigenvalue weighted by Gasteiger charge is -2.09. The van der Waals surface area contributed by atoms with Gasteiger partial charge in [-0.3, -0.25) is 0 Å². The van der Waals surface area contributed by atoms with Gasteiger partial charge in [-0.1, -0.05) is 18.2 Å². The molecule has 0 aliphatic heterocycles. The topological polar surface area (TPSA) is 59.6 Å². The molecule has 2 aromatic rings. The van der Waals surface area contributed by atoms with E-state index >= 15 is 0 Å². The molecule has 2 rings (SSSR count). The van der Waals surface area contributed by atoms with Gasteiger partial charge in [0.1, 0.15) is 11.5 Å². The summed E-state index contributed by atoms with van der Waals surface area (Å²) in [5.41, 5.74) is 0.695. The van der Waals surface area contributed by atoms with Crippen molar-refractivity contribution in [2.24, 2.45) is 0 Å². The van der Waals surface area contributed by atoms with Gasteiger partial charge in [0.25, 0.3) is 0 Å². The van der Waals surface area contributed by atoms with Crippen LogP contribution in [0.4, 0.5) is 10.5 Å². The van der Waals surface area contributed by atoms with Gasteiger partial charge in [0, 0.05) is 12.7 Å². The molecule has 0 aliphatic carbocycles. The van der Waals surface area contributed by atoms with Crippen LogP contribution in [0.1, 0.15) is 0 Å². The molecule has 0 saturated heterocycles. The maximum Gasteiger partial charge on any atom is 0.318 e. The van der Waals surface area contributed by atoms with Crippen LogP contribution in [-0.2, 0) is 0 Å². The Bertz CT molecular complexity index is 541. The van der Waals surface area contributed by atoms with Crippen LogP contribution < -0.4 is 20.1 Å². The Kier molecular flexibility index (Phi) is 4.83. The SMILES string of the molecule is CNC(=O)Nc1ccc(OCOc2ccccc2)cc1. The molecular weight excluding hydrogens is 256 g/mol. The molecule has 0 unspecified atom stereocenters. The predicted octanol–water partition coefficient (Wildman–Crippen LogP) is 2.85. The minimum atomic E-state index is -0.258. The Morgan fingerprint density at radius 2 is 1.55 bits per heavy atom. The van der Waals surface area contributed by atoms with Crippen LogP contribution >= 0.6 is 0 Å². The summed E-state index contributed by atoms with van der Waals surface area (Å²) < 4.78 is 10.9. The zero-order valence-electron chi connectivity index (χ0n) is 11.1. The van der Waals surface area contributed by atoms with Crippen LogP contribution in [0.2, 0.25) is 0 Å². The van der Waals surface area contributed by atoms with Gasteiger partial charge in [-0.15, -0.1) is 0 Å². The number of nitrogens with one attached hydrogen (secondary N) is 2. The summed E-state index contributed by atoms with van der Waals surface area (Å²) in [6, 6.07) is 16.2. The van der Waals surface area contributed by atoms with E-state index in [9.17, 15) is 4.79 Å². The standard InChI is InChI=1S/C15H16N2O3/c1-16-15(18)17-12-7-9-14(10-8-12)20-11-19-13-5-3-2-4-6-13/h2-10H,11H2,1H3,(H2,16,17,18). The quantitative estimate of drug-likeness (QED) is 0.823. The fourth-order valence-corrected chi connectivity index (χ4v) is 1.51. The zero-order valence-corrected chi connectivity index (χ0v) is 11.1. The minimum absolute atomic E-state index is 0.131. The number of amides is 2. The van der Waals surface area contributed by atoms with Crippen molar-refractivity contribution in [1.82, 2.24) is 5.32 Å². The number of urea groups is 1. The number of hydrogen-bond donors (Lipinski definition) is 2. The Morgan fingerprint density at radius 1 is 0.950 bits per heavy atom. The maximum absolute atomic E-state index is 11.1. The van der Waals surface area contributed by atoms with Gasteiger partial charge in [-0.2, -0.15) is 0 Å². The number of ether oxygens (including phenoxy) is 2. The second-order valence-corrected chi connectivity index (χ2v) is 3.95. The molecule has 0 bridgehead atoms. The fraction of sp³-hybridized carbons (Fsp3) is 0.133. The Morgan fingerprint density at radius 3 is 2.15 bits per heavy atom. The number of anilines is 1. The van der Waals surface area contributed by atoms with Crippen molar-refractivity contribution in [1.29, 1.82) is 0 Å². The lowest BCUT2D eigenvalue weighted by atomic mass is 10.3. The molecule has 0 fully saturated rings. The van der Waals surface area contributed by atoms with Gasteiger partial charge in [-0.05, 0) is 36.4 Å². The van der Waals surface area contributed by atoms with E-state index < -0.39 is 0 Å². The van der Waals surface area contributed by atoms with Crippen LogP contribution in [0.5, 0.6) is 11.5 Å². The summed E-state index contributed by atoms with van der Waals surface area (Å²) in [5.74, 6) is 1.42. The summed E-state index contributed by atoms with van der Waals surface area (Å²) in [6.45, 7) is 0.131. The summed E-state index contributed by atoms with van der Waals surface area (Å²) in [7, 11) is 1.56. The monoisotopic (exact) mass is 272 g/mol. The van der Waals surface area contributed by atoms with E-state index in [0.29, 0.717) is 11.4 Å². The number of para-hydroxylation sites is 1. The first-order chi connectivity index (χ1) is 9.78. The van der Waals surface area contributed by atoms with Crippen molar-refractivity contribution < 1.29 is 14.3 Å². The summed E-state index contributed by atoms with van der Waals surface area (Å²) in [6.07, 6.45) is 0. The van der Waals surface area contributed by atoms with Crippen LogP contribution in [0, 0.1) is 0 Å². The molecule has 2 amide bonds. The smallest absolute Gasteiger partial charge is 0.318 e. The third kappa shape index (κ3) is 4.20. The molecule has 0 heterocycles. The van der Waals surface area contributed by atoms with E-state index in [1.54, 1.807) is 31.3 Å². The lowest BCUT2D eigenvalue weighted by Crippen LogP contribution is -2.24. The molecule has 20 heavy (non-hydrogen) atoms. The highest BCUT2D eigenvalue weighted by Crippen LogP contribution is 2.16. The molecule has 0 saturated carbocycles. The highest BCUT2D eigenvalue weighted by atomic mass is 16.7. The average Bonchev–Trinajstić information content (AvgIpc) is 2.50. The number of benzene rings is 2. The molecule has 5 heteroatoms. The number of carbonyl (C=O) groups is 1. The Balaban J connectivity index is 1.80. The normalized spacial score (nSPS) is 9.65. The van der Waals surface area contributed by atoms with Gasteiger partial charge in [-0.25, -0.2) is 4.79 Å². The van der Waals surface area contributed by atoms with Crippen LogP contribution in [0.3, 0.4) is 0 Å². The molecular formula is C15H16N2O3. The number of carbonyl (C=O) groups excluding carboxylic acids is 1. The predicted molar refractivity (Wildman–Crippen MR) is 77.1 cm³/mol. The molecule has 0 spiro atoms. The molecule has 0 atom stereocenters. The van der Waals surface area contributed by atoms with E-state index in [1.165, 1.54) is 0 Å². The Labute approximate surface area is 117 Å². The van der Waals surface area contributed by atoms with Gasteiger partial charge in [0.15, 0.2) is 0 Å². The van der Waals surface area contributed by atoms with Gasteiger partial charge in [0.2, 0.25) is 6.79 Å². The third-order valence-corrected chi connectivity index (χ3v) is 2.53. The van der Waals surface area contributed by atoms with Crippen LogP contribution in [-0.4, -0.2) is 19.9 Å². The maximum atomic E-state index is 11.1. The van der Waals surface area contributed by atoms with Crippen molar-refractivity contribution in [2.45, 2.75) is 0 Å². The molecule has 0 aromatic heterocycles. The Hall–Kier alpha value is -2.69. The summed E-state index contributed by atoms with van der Waals surface area (Å²) >= 11 is 0. The third-order valence-electron chi connectivity index (χ3n) is 2.53. The molecule has 104 valence electrons. The van der Waals surface area contributed by atoms with E-state index in [2.05, 4.69) is 10.6 Å². The summed E-state index contributed by atoms with van der Waals surface area (Å²) in [4.78, 5) is 11.1. The van der Waals surface area contributed by atoms with Crippen LogP contribution in [0.15, 0.2) is 54.6 Å². The van der Waals surface area contributed by atoms with Crippen LogP contribution in [0.25, 0.3) is 0 Å². The first-order valence-corrected chi connectivity index (χ1v) is 6.17. The summed E-state index contributed by atoms with van der Waals surface area (Å²) in [5, 5.41) is 5.14. The minimum Gasteiger partial charge on any atom is -0.458 e. The highest BCUT2D eigenvalue weighted by molar-refractivity contribution is 5.88. The van der Waals surface area contributed by atoms with Gasteiger partial charge < -0.3 is 20.1 Å². The molecule has 2 aromatic carbocycles. The van der Waals surface area contributed by atoms with Gasteiger partial charge >= 0.3 is 6.03 Å². The number of hydrogen-bond acceptors (Lipinski definition) is 3. The fourth-order valence-electron chi connectivity index (χ4n) is 1.51. The molecule has 2 N–H and O–H groups in total. The van der Waals surface area contributed by atoms with Crippen molar-refractivity contribution >= 4 is 11.7 Å². The van der Waals surface area contributed by atoms with Crippen molar-refractivity contribution in [3.8, 4) is 11.5 Å². The van der Waals surface area contributed by atoms with E-state index in [-0.39, 0.29) is 12.8 Å². The van der Waals surface area contributed by atoms with Crippen molar-refractivity contribution in [3.63, 3.8) is 0 Å². The number of rotatable bonds is 5. The van der Waals surface area contributed by atoms with E-state index in [0.717, 1.165) is 5.75 Å². The molecule has 5 nitrogen and oxygen atoms in total. The first kappa shape index (κ1) is 13.7. The average molecular weight is 272 g/mol. The second kappa shape index (κ2) is 7.04. The first-order valence-electron chi connectivity index (χ1n) is 6.17. The van der Waals surface area contributed by atoms with Crippen molar-refractivity contribution in [3.05, 3.63) is 54.6 Å². The lowest BCUT2D eigenvalue weighted by molar-refractivity contribution is 0.120. The zero-order chi connectivity index (χ0) is 14.2.